The van der Waals surface area contributed by atoms with Gasteiger partial charge in [0.05, 0.1) is 10.9 Å². The van der Waals surface area contributed by atoms with Crippen molar-refractivity contribution in [2.24, 2.45) is 0 Å². The molecule has 1 aromatic heterocycles. The van der Waals surface area contributed by atoms with Gasteiger partial charge >= 0.3 is 0 Å². The lowest BCUT2D eigenvalue weighted by molar-refractivity contribution is 0.0951. The van der Waals surface area contributed by atoms with Crippen molar-refractivity contribution in [3.63, 3.8) is 0 Å². The smallest absolute Gasteiger partial charge is 0.262 e. The molecule has 2 aromatic carbocycles. The van der Waals surface area contributed by atoms with E-state index in [4.69, 9.17) is 17.0 Å². The van der Waals surface area contributed by atoms with Gasteiger partial charge in [0, 0.05) is 25.2 Å². The lowest BCUT2D eigenvalue weighted by atomic mass is 10.1. The van der Waals surface area contributed by atoms with Gasteiger partial charge in [-0.25, -0.2) is 0 Å². The summed E-state index contributed by atoms with van der Waals surface area (Å²) < 4.78 is 7.40. The molecule has 0 aliphatic rings. The van der Waals surface area contributed by atoms with Gasteiger partial charge in [-0.3, -0.25) is 14.2 Å². The molecule has 0 aliphatic heterocycles. The van der Waals surface area contributed by atoms with E-state index in [2.05, 4.69) is 21.8 Å². The number of aromatic amines is 1. The number of carbonyl (C=O) groups excluding carboxylic acids is 1. The van der Waals surface area contributed by atoms with Gasteiger partial charge in [0.25, 0.3) is 11.5 Å². The summed E-state index contributed by atoms with van der Waals surface area (Å²) in [6.07, 6.45) is 1.61. The van der Waals surface area contributed by atoms with E-state index in [1.807, 2.05) is 38.4 Å². The van der Waals surface area contributed by atoms with Crippen LogP contribution in [0.5, 0.6) is 5.75 Å². The fourth-order valence-electron chi connectivity index (χ4n) is 3.02. The maximum absolute atomic E-state index is 12.6. The van der Waals surface area contributed by atoms with E-state index < -0.39 is 0 Å². The standard InChI is InChI=1S/C23H26N4O3S/c1-4-11-27-22(29)19-10-7-17(14-20(19)25-23(27)31)21(28)24-15-16-5-8-18(9-6-16)30-13-12-26(2)3/h4-10,14H,1,11-13,15H2,2-3H3,(H,24,28)(H,25,31). The summed E-state index contributed by atoms with van der Waals surface area (Å²) in [5.41, 5.74) is 1.73. The summed E-state index contributed by atoms with van der Waals surface area (Å²) in [5, 5.41) is 3.36. The number of fused-ring (bicyclic) bond motifs is 1. The number of nitrogens with zero attached hydrogens (tertiary/aromatic N) is 2. The highest BCUT2D eigenvalue weighted by atomic mass is 32.1. The van der Waals surface area contributed by atoms with Crippen molar-refractivity contribution in [3.05, 3.63) is 81.4 Å². The van der Waals surface area contributed by atoms with Crippen molar-refractivity contribution < 1.29 is 9.53 Å². The second-order valence-electron chi connectivity index (χ2n) is 7.37. The maximum atomic E-state index is 12.6. The second kappa shape index (κ2) is 10.2. The molecule has 31 heavy (non-hydrogen) atoms. The third-order valence-corrected chi connectivity index (χ3v) is 5.06. The zero-order valence-corrected chi connectivity index (χ0v) is 18.5. The Hall–Kier alpha value is -3.23. The monoisotopic (exact) mass is 438 g/mol. The van der Waals surface area contributed by atoms with Gasteiger partial charge in [-0.15, -0.1) is 6.58 Å². The van der Waals surface area contributed by atoms with Crippen LogP contribution in [-0.2, 0) is 13.1 Å². The SMILES string of the molecule is C=CCn1c(=S)[nH]c2cc(C(=O)NCc3ccc(OCCN(C)C)cc3)ccc2c1=O. The summed E-state index contributed by atoms with van der Waals surface area (Å²) in [5.74, 6) is 0.562. The number of carbonyl (C=O) groups is 1. The third-order valence-electron chi connectivity index (χ3n) is 4.74. The van der Waals surface area contributed by atoms with E-state index in [9.17, 15) is 9.59 Å². The van der Waals surface area contributed by atoms with Gasteiger partial charge in [0.2, 0.25) is 0 Å². The first kappa shape index (κ1) is 22.5. The molecule has 0 radical (unpaired) electrons. The molecule has 0 saturated heterocycles. The Balaban J connectivity index is 1.66. The Morgan fingerprint density at radius 3 is 2.68 bits per heavy atom. The molecular weight excluding hydrogens is 412 g/mol. The first-order valence-corrected chi connectivity index (χ1v) is 10.3. The molecule has 3 rings (SSSR count). The molecule has 162 valence electrons. The van der Waals surface area contributed by atoms with Crippen molar-refractivity contribution in [1.82, 2.24) is 19.8 Å². The molecule has 0 aliphatic carbocycles. The molecule has 3 aromatic rings. The van der Waals surface area contributed by atoms with Crippen LogP contribution < -0.4 is 15.6 Å². The van der Waals surface area contributed by atoms with Gasteiger partial charge in [0.1, 0.15) is 12.4 Å². The van der Waals surface area contributed by atoms with E-state index in [1.54, 1.807) is 24.3 Å². The molecule has 7 nitrogen and oxygen atoms in total. The van der Waals surface area contributed by atoms with Crippen LogP contribution in [0.15, 0.2) is 59.9 Å². The fraction of sp³-hybridized carbons (Fsp3) is 0.261. The first-order chi connectivity index (χ1) is 14.9. The minimum absolute atomic E-state index is 0.210. The lowest BCUT2D eigenvalue weighted by Gasteiger charge is -2.11. The Labute approximate surface area is 186 Å². The highest BCUT2D eigenvalue weighted by molar-refractivity contribution is 7.71. The van der Waals surface area contributed by atoms with E-state index in [0.29, 0.717) is 40.9 Å². The second-order valence-corrected chi connectivity index (χ2v) is 7.76. The van der Waals surface area contributed by atoms with Crippen LogP contribution in [-0.4, -0.2) is 47.6 Å². The zero-order chi connectivity index (χ0) is 22.4. The Morgan fingerprint density at radius 1 is 1.26 bits per heavy atom. The minimum atomic E-state index is -0.234. The Kier molecular flexibility index (Phi) is 7.38. The quantitative estimate of drug-likeness (QED) is 0.396. The van der Waals surface area contributed by atoms with E-state index in [-0.39, 0.29) is 11.5 Å². The lowest BCUT2D eigenvalue weighted by Crippen LogP contribution is -2.24. The largest absolute Gasteiger partial charge is 0.492 e. The van der Waals surface area contributed by atoms with Crippen LogP contribution >= 0.6 is 12.2 Å². The van der Waals surface area contributed by atoms with Crippen molar-refractivity contribution in [2.45, 2.75) is 13.1 Å². The van der Waals surface area contributed by atoms with Gasteiger partial charge < -0.3 is 19.9 Å². The van der Waals surface area contributed by atoms with E-state index >= 15 is 0 Å². The van der Waals surface area contributed by atoms with Crippen LogP contribution in [0.4, 0.5) is 0 Å². The van der Waals surface area contributed by atoms with Crippen molar-refractivity contribution in [2.75, 3.05) is 27.2 Å². The van der Waals surface area contributed by atoms with Gasteiger partial charge in [-0.2, -0.15) is 0 Å². The molecule has 0 bridgehead atoms. The number of allylic oxidation sites excluding steroid dienone is 1. The molecule has 2 N–H and O–H groups in total. The third kappa shape index (κ3) is 5.68. The number of aromatic nitrogens is 2. The van der Waals surface area contributed by atoms with E-state index in [0.717, 1.165) is 17.9 Å². The summed E-state index contributed by atoms with van der Waals surface area (Å²) in [4.78, 5) is 30.2. The highest BCUT2D eigenvalue weighted by Gasteiger charge is 2.10. The normalized spacial score (nSPS) is 10.9. The van der Waals surface area contributed by atoms with Gasteiger partial charge in [-0.1, -0.05) is 18.2 Å². The molecular formula is C23H26N4O3S. The highest BCUT2D eigenvalue weighted by Crippen LogP contribution is 2.14. The van der Waals surface area contributed by atoms with Crippen LogP contribution in [0, 0.1) is 4.77 Å². The number of hydrogen-bond donors (Lipinski definition) is 2. The summed E-state index contributed by atoms with van der Waals surface area (Å²) in [7, 11) is 3.99. The van der Waals surface area contributed by atoms with Gasteiger partial charge in [0.15, 0.2) is 4.77 Å². The number of hydrogen-bond acceptors (Lipinski definition) is 5. The zero-order valence-electron chi connectivity index (χ0n) is 17.7. The number of likely N-dealkylation sites (N-methyl/N-ethyl adjacent to an activating group) is 1. The van der Waals surface area contributed by atoms with Crippen LogP contribution in [0.25, 0.3) is 10.9 Å². The topological polar surface area (TPSA) is 79.4 Å². The predicted octanol–water partition coefficient (Wildman–Crippen LogP) is 3.12. The number of ether oxygens (including phenoxy) is 1. The number of H-pyrrole nitrogens is 1. The fourth-order valence-corrected chi connectivity index (χ4v) is 3.29. The molecule has 8 heteroatoms. The molecule has 1 amide bonds. The molecule has 0 atom stereocenters. The number of nitrogens with one attached hydrogen (secondary N) is 2. The number of rotatable bonds is 9. The van der Waals surface area contributed by atoms with E-state index in [1.165, 1.54) is 4.57 Å². The van der Waals surface area contributed by atoms with Gasteiger partial charge in [-0.05, 0) is 62.2 Å². The molecule has 1 heterocycles. The summed E-state index contributed by atoms with van der Waals surface area (Å²) in [6.45, 7) is 5.81. The average molecular weight is 439 g/mol. The summed E-state index contributed by atoms with van der Waals surface area (Å²) >= 11 is 5.25. The van der Waals surface area contributed by atoms with Crippen molar-refractivity contribution >= 4 is 29.0 Å². The Morgan fingerprint density at radius 2 is 2.00 bits per heavy atom. The predicted molar refractivity (Wildman–Crippen MR) is 125 cm³/mol. The van der Waals surface area contributed by atoms with Crippen LogP contribution in [0.1, 0.15) is 15.9 Å². The molecule has 0 saturated carbocycles. The summed E-state index contributed by atoms with van der Waals surface area (Å²) in [6, 6.07) is 12.5. The molecule has 0 spiro atoms. The van der Waals surface area contributed by atoms with Crippen LogP contribution in [0.2, 0.25) is 0 Å². The number of amides is 1. The first-order valence-electron chi connectivity index (χ1n) is 9.91. The molecule has 0 fully saturated rings. The Bertz CT molecular complexity index is 1200. The van der Waals surface area contributed by atoms with Crippen LogP contribution in [0.3, 0.4) is 0 Å². The number of benzene rings is 2. The van der Waals surface area contributed by atoms with Crippen molar-refractivity contribution in [1.29, 1.82) is 0 Å². The minimum Gasteiger partial charge on any atom is -0.492 e. The average Bonchev–Trinajstić information content (AvgIpc) is 2.75. The maximum Gasteiger partial charge on any atom is 0.262 e. The molecule has 0 unspecified atom stereocenters. The van der Waals surface area contributed by atoms with Crippen molar-refractivity contribution in [3.8, 4) is 5.75 Å².